The van der Waals surface area contributed by atoms with Crippen LogP contribution in [0.1, 0.15) is 24.8 Å². The first kappa shape index (κ1) is 20.6. The van der Waals surface area contributed by atoms with Gasteiger partial charge in [0.15, 0.2) is 0 Å². The molecule has 0 radical (unpaired) electrons. The summed E-state index contributed by atoms with van der Waals surface area (Å²) < 4.78 is 12.8. The lowest BCUT2D eigenvalue weighted by Crippen LogP contribution is -2.03. The van der Waals surface area contributed by atoms with Gasteiger partial charge >= 0.3 is 5.97 Å². The molecule has 2 heterocycles. The fraction of sp³-hybridized carbons (Fsp3) is 0.240. The molecule has 0 saturated heterocycles. The molecule has 4 rings (SSSR count). The van der Waals surface area contributed by atoms with E-state index in [1.165, 1.54) is 12.7 Å². The Bertz CT molecular complexity index is 1170. The van der Waals surface area contributed by atoms with Crippen LogP contribution in [0.5, 0.6) is 5.75 Å². The number of pyridine rings is 1. The fourth-order valence-corrected chi connectivity index (χ4v) is 3.45. The van der Waals surface area contributed by atoms with Crippen LogP contribution in [0.4, 0.5) is 0 Å². The number of aromatic nitrogens is 3. The standard InChI is InChI=1S/C25H25N3O3/c1-18-8-10-20(11-9-18)28-23-16-21(31-15-4-3-7-24(29)30-2)12-13-22(23)27-25(28)19-6-5-14-26-17-19/h5-6,8-14,16-17H,3-4,7,15H2,1-2H3. The maximum absolute atomic E-state index is 11.2. The summed E-state index contributed by atoms with van der Waals surface area (Å²) in [6.07, 6.45) is 5.51. The Morgan fingerprint density at radius 3 is 2.65 bits per heavy atom. The number of benzene rings is 2. The van der Waals surface area contributed by atoms with Gasteiger partial charge in [-0.15, -0.1) is 0 Å². The summed E-state index contributed by atoms with van der Waals surface area (Å²) in [5.74, 6) is 1.42. The number of hydrogen-bond donors (Lipinski definition) is 0. The van der Waals surface area contributed by atoms with Crippen LogP contribution in [-0.2, 0) is 9.53 Å². The highest BCUT2D eigenvalue weighted by atomic mass is 16.5. The zero-order valence-corrected chi connectivity index (χ0v) is 17.7. The van der Waals surface area contributed by atoms with Crippen LogP contribution in [-0.4, -0.2) is 34.2 Å². The lowest BCUT2D eigenvalue weighted by atomic mass is 10.2. The number of rotatable bonds is 8. The molecule has 0 spiro atoms. The SMILES string of the molecule is COC(=O)CCCCOc1ccc2nc(-c3cccnc3)n(-c3ccc(C)cc3)c2c1. The molecule has 0 aliphatic heterocycles. The fourth-order valence-electron chi connectivity index (χ4n) is 3.45. The minimum Gasteiger partial charge on any atom is -0.494 e. The molecule has 158 valence electrons. The van der Waals surface area contributed by atoms with Crippen LogP contribution >= 0.6 is 0 Å². The Labute approximate surface area is 181 Å². The molecule has 6 heteroatoms. The maximum Gasteiger partial charge on any atom is 0.305 e. The number of aryl methyl sites for hydroxylation is 1. The number of fused-ring (bicyclic) bond motifs is 1. The van der Waals surface area contributed by atoms with E-state index in [4.69, 9.17) is 9.72 Å². The number of carbonyl (C=O) groups excluding carboxylic acids is 1. The molecule has 0 aliphatic carbocycles. The Hall–Kier alpha value is -3.67. The first-order valence-electron chi connectivity index (χ1n) is 10.4. The van der Waals surface area contributed by atoms with Gasteiger partial charge in [-0.25, -0.2) is 4.98 Å². The average molecular weight is 415 g/mol. The van der Waals surface area contributed by atoms with Crippen molar-refractivity contribution >= 4 is 17.0 Å². The largest absolute Gasteiger partial charge is 0.494 e. The number of hydrogen-bond acceptors (Lipinski definition) is 5. The molecule has 2 aromatic carbocycles. The molecular weight excluding hydrogens is 390 g/mol. The average Bonchev–Trinajstić information content (AvgIpc) is 3.18. The van der Waals surface area contributed by atoms with Crippen LogP contribution in [0.2, 0.25) is 0 Å². The van der Waals surface area contributed by atoms with E-state index in [0.717, 1.165) is 46.7 Å². The van der Waals surface area contributed by atoms with E-state index in [9.17, 15) is 4.79 Å². The van der Waals surface area contributed by atoms with Crippen molar-refractivity contribution in [1.82, 2.24) is 14.5 Å². The number of unbranched alkanes of at least 4 members (excludes halogenated alkanes) is 1. The zero-order valence-electron chi connectivity index (χ0n) is 17.7. The highest BCUT2D eigenvalue weighted by Gasteiger charge is 2.15. The predicted molar refractivity (Wildman–Crippen MR) is 120 cm³/mol. The highest BCUT2D eigenvalue weighted by Crippen LogP contribution is 2.30. The molecule has 0 bridgehead atoms. The Morgan fingerprint density at radius 2 is 1.90 bits per heavy atom. The number of imidazole rings is 1. The molecule has 0 atom stereocenters. The lowest BCUT2D eigenvalue weighted by molar-refractivity contribution is -0.140. The second kappa shape index (κ2) is 9.43. The van der Waals surface area contributed by atoms with Gasteiger partial charge in [-0.1, -0.05) is 17.7 Å². The second-order valence-electron chi connectivity index (χ2n) is 7.38. The molecule has 0 N–H and O–H groups in total. The van der Waals surface area contributed by atoms with Gasteiger partial charge < -0.3 is 9.47 Å². The van der Waals surface area contributed by atoms with Gasteiger partial charge in [0.25, 0.3) is 0 Å². The monoisotopic (exact) mass is 415 g/mol. The van der Waals surface area contributed by atoms with Crippen molar-refractivity contribution < 1.29 is 14.3 Å². The van der Waals surface area contributed by atoms with Gasteiger partial charge in [0, 0.05) is 36.1 Å². The summed E-state index contributed by atoms with van der Waals surface area (Å²) in [6, 6.07) is 18.2. The maximum atomic E-state index is 11.2. The van der Waals surface area contributed by atoms with E-state index in [1.54, 1.807) is 6.20 Å². The van der Waals surface area contributed by atoms with Crippen LogP contribution in [0.3, 0.4) is 0 Å². The summed E-state index contributed by atoms with van der Waals surface area (Å²) in [5, 5.41) is 0. The minimum absolute atomic E-state index is 0.189. The lowest BCUT2D eigenvalue weighted by Gasteiger charge is -2.11. The van der Waals surface area contributed by atoms with Crippen molar-refractivity contribution in [3.63, 3.8) is 0 Å². The van der Waals surface area contributed by atoms with E-state index >= 15 is 0 Å². The van der Waals surface area contributed by atoms with Gasteiger partial charge in [0.2, 0.25) is 0 Å². The summed E-state index contributed by atoms with van der Waals surface area (Å²) in [7, 11) is 1.41. The molecule has 4 aromatic rings. The Kier molecular flexibility index (Phi) is 6.26. The number of nitrogens with zero attached hydrogens (tertiary/aromatic N) is 3. The smallest absolute Gasteiger partial charge is 0.305 e. The second-order valence-corrected chi connectivity index (χ2v) is 7.38. The normalized spacial score (nSPS) is 10.9. The molecule has 0 fully saturated rings. The van der Waals surface area contributed by atoms with Gasteiger partial charge in [-0.05, 0) is 56.2 Å². The summed E-state index contributed by atoms with van der Waals surface area (Å²) >= 11 is 0. The summed E-state index contributed by atoms with van der Waals surface area (Å²) in [6.45, 7) is 2.61. The third-order valence-corrected chi connectivity index (χ3v) is 5.11. The van der Waals surface area contributed by atoms with Gasteiger partial charge in [-0.2, -0.15) is 0 Å². The number of ether oxygens (including phenoxy) is 2. The van der Waals surface area contributed by atoms with Gasteiger partial charge in [-0.3, -0.25) is 14.3 Å². The Morgan fingerprint density at radius 1 is 1.06 bits per heavy atom. The summed E-state index contributed by atoms with van der Waals surface area (Å²) in [5.41, 5.74) is 5.03. The topological polar surface area (TPSA) is 66.2 Å². The first-order valence-corrected chi connectivity index (χ1v) is 10.4. The van der Waals surface area contributed by atoms with E-state index in [2.05, 4.69) is 45.5 Å². The van der Waals surface area contributed by atoms with Crippen molar-refractivity contribution in [3.05, 3.63) is 72.6 Å². The first-order chi connectivity index (χ1) is 15.2. The predicted octanol–water partition coefficient (Wildman–Crippen LogP) is 5.12. The molecule has 0 saturated carbocycles. The van der Waals surface area contributed by atoms with Gasteiger partial charge in [0.05, 0.1) is 24.8 Å². The van der Waals surface area contributed by atoms with Crippen molar-refractivity contribution in [2.75, 3.05) is 13.7 Å². The molecule has 0 unspecified atom stereocenters. The third kappa shape index (κ3) is 4.74. The van der Waals surface area contributed by atoms with Crippen LogP contribution in [0.15, 0.2) is 67.0 Å². The quantitative estimate of drug-likeness (QED) is 0.295. The summed E-state index contributed by atoms with van der Waals surface area (Å²) in [4.78, 5) is 20.4. The highest BCUT2D eigenvalue weighted by molar-refractivity contribution is 5.84. The van der Waals surface area contributed by atoms with Gasteiger partial charge in [0.1, 0.15) is 11.6 Å². The van der Waals surface area contributed by atoms with Crippen molar-refractivity contribution in [3.8, 4) is 22.8 Å². The van der Waals surface area contributed by atoms with Crippen LogP contribution < -0.4 is 4.74 Å². The van der Waals surface area contributed by atoms with Crippen molar-refractivity contribution in [2.24, 2.45) is 0 Å². The van der Waals surface area contributed by atoms with Crippen LogP contribution in [0.25, 0.3) is 28.1 Å². The van der Waals surface area contributed by atoms with E-state index in [-0.39, 0.29) is 5.97 Å². The molecule has 6 nitrogen and oxygen atoms in total. The van der Waals surface area contributed by atoms with Crippen LogP contribution in [0, 0.1) is 6.92 Å². The molecule has 31 heavy (non-hydrogen) atoms. The van der Waals surface area contributed by atoms with E-state index in [0.29, 0.717) is 13.0 Å². The zero-order chi connectivity index (χ0) is 21.6. The molecule has 2 aromatic heterocycles. The minimum atomic E-state index is -0.189. The number of carbonyl (C=O) groups is 1. The Balaban J connectivity index is 1.65. The number of esters is 1. The molecule has 0 amide bonds. The molecular formula is C25H25N3O3. The van der Waals surface area contributed by atoms with E-state index < -0.39 is 0 Å². The third-order valence-electron chi connectivity index (χ3n) is 5.11. The molecule has 0 aliphatic rings. The van der Waals surface area contributed by atoms with Crippen molar-refractivity contribution in [1.29, 1.82) is 0 Å². The van der Waals surface area contributed by atoms with Crippen molar-refractivity contribution in [2.45, 2.75) is 26.2 Å². The number of methoxy groups -OCH3 is 1. The van der Waals surface area contributed by atoms with E-state index in [1.807, 2.05) is 36.5 Å².